The van der Waals surface area contributed by atoms with Crippen LogP contribution in [0.5, 0.6) is 0 Å². The van der Waals surface area contributed by atoms with E-state index in [0.717, 1.165) is 30.6 Å². The molecule has 0 atom stereocenters. The lowest BCUT2D eigenvalue weighted by molar-refractivity contribution is -0.145. The first-order valence-corrected chi connectivity index (χ1v) is 10.0. The van der Waals surface area contributed by atoms with E-state index in [2.05, 4.69) is 4.98 Å². The molecule has 0 spiro atoms. The number of rotatable bonds is 10. The van der Waals surface area contributed by atoms with Crippen molar-refractivity contribution < 1.29 is 27.5 Å². The number of hydrogen-bond acceptors (Lipinski definition) is 5. The van der Waals surface area contributed by atoms with Gasteiger partial charge in [-0.1, -0.05) is 19.8 Å². The van der Waals surface area contributed by atoms with Crippen LogP contribution in [0.3, 0.4) is 0 Å². The van der Waals surface area contributed by atoms with E-state index >= 15 is 0 Å². The smallest absolute Gasteiger partial charge is 0.306 e. The topological polar surface area (TPSA) is 59.5 Å². The summed E-state index contributed by atoms with van der Waals surface area (Å²) in [5, 5.41) is 0.305. The number of carbonyl (C=O) groups excluding carboxylic acids is 2. The molecule has 0 fully saturated rings. The molecule has 0 bridgehead atoms. The molecule has 1 heterocycles. The number of unbranched alkanes of at least 4 members (excludes halogenated alkanes) is 2. The van der Waals surface area contributed by atoms with Crippen LogP contribution >= 0.6 is 11.3 Å². The van der Waals surface area contributed by atoms with Crippen LogP contribution < -0.4 is 0 Å². The molecule has 9 heteroatoms. The second kappa shape index (κ2) is 10.4. The fraction of sp³-hybridized carbons (Fsp3) is 0.526. The molecular weight excluding hydrogens is 393 g/mol. The summed E-state index contributed by atoms with van der Waals surface area (Å²) in [7, 11) is 0. The number of nitrogens with zero attached hydrogens (tertiary/aromatic N) is 2. The Hall–Kier alpha value is -2.16. The first-order valence-electron chi connectivity index (χ1n) is 9.23. The summed E-state index contributed by atoms with van der Waals surface area (Å²) >= 11 is 0.886. The maximum absolute atomic E-state index is 13.9. The van der Waals surface area contributed by atoms with E-state index in [9.17, 15) is 22.8 Å². The van der Waals surface area contributed by atoms with E-state index in [4.69, 9.17) is 4.74 Å². The number of ether oxygens (including phenoxy) is 1. The lowest BCUT2D eigenvalue weighted by Gasteiger charge is -2.21. The minimum atomic E-state index is -1.30. The van der Waals surface area contributed by atoms with Crippen LogP contribution in [-0.4, -0.2) is 34.9 Å². The van der Waals surface area contributed by atoms with Gasteiger partial charge in [0.25, 0.3) is 0 Å². The standard InChI is InChI=1S/C19H23F3N2O3S/c1-3-5-6-9-24(15(25)7-8-16(26)27-4-2)11-14-23-18-17(22)12(20)10-13(21)19(18)28-14/h10H,3-9,11H2,1-2H3. The number of amides is 1. The third kappa shape index (κ3) is 5.67. The molecule has 0 aliphatic rings. The molecule has 2 rings (SSSR count). The average Bonchev–Trinajstić information content (AvgIpc) is 3.08. The van der Waals surface area contributed by atoms with Crippen molar-refractivity contribution in [2.24, 2.45) is 0 Å². The van der Waals surface area contributed by atoms with Crippen molar-refractivity contribution in [3.63, 3.8) is 0 Å². The summed E-state index contributed by atoms with van der Waals surface area (Å²) in [6.45, 7) is 4.44. The third-order valence-corrected chi connectivity index (χ3v) is 5.17. The zero-order valence-corrected chi connectivity index (χ0v) is 16.7. The Bertz CT molecular complexity index is 841. The molecule has 154 valence electrons. The number of benzene rings is 1. The fourth-order valence-corrected chi connectivity index (χ4v) is 3.69. The van der Waals surface area contributed by atoms with Crippen LogP contribution in [0, 0.1) is 17.5 Å². The third-order valence-electron chi connectivity index (χ3n) is 4.12. The Kier molecular flexibility index (Phi) is 8.22. The molecule has 28 heavy (non-hydrogen) atoms. The summed E-state index contributed by atoms with van der Waals surface area (Å²) < 4.78 is 45.9. The quantitative estimate of drug-likeness (QED) is 0.323. The molecule has 0 N–H and O–H groups in total. The van der Waals surface area contributed by atoms with Gasteiger partial charge in [0.1, 0.15) is 16.3 Å². The number of carbonyl (C=O) groups is 2. The van der Waals surface area contributed by atoms with Crippen LogP contribution in [0.1, 0.15) is 51.0 Å². The Balaban J connectivity index is 2.16. The summed E-state index contributed by atoms with van der Waals surface area (Å²) in [5.74, 6) is -4.11. The zero-order valence-electron chi connectivity index (χ0n) is 15.9. The summed E-state index contributed by atoms with van der Waals surface area (Å²) in [5.41, 5.74) is -0.370. The summed E-state index contributed by atoms with van der Waals surface area (Å²) in [6.07, 6.45) is 2.57. The first-order chi connectivity index (χ1) is 13.4. The second-order valence-electron chi connectivity index (χ2n) is 6.27. The number of thiazole rings is 1. The molecule has 5 nitrogen and oxygen atoms in total. The van der Waals surface area contributed by atoms with Crippen LogP contribution in [0.4, 0.5) is 13.2 Å². The minimum absolute atomic E-state index is 0.0206. The van der Waals surface area contributed by atoms with E-state index < -0.39 is 23.4 Å². The molecule has 0 saturated heterocycles. The largest absolute Gasteiger partial charge is 0.466 e. The summed E-state index contributed by atoms with van der Waals surface area (Å²) in [6, 6.07) is 0.489. The number of aromatic nitrogens is 1. The van der Waals surface area contributed by atoms with E-state index in [1.165, 1.54) is 4.90 Å². The monoisotopic (exact) mass is 416 g/mol. The number of esters is 1. The van der Waals surface area contributed by atoms with Gasteiger partial charge in [-0.15, -0.1) is 11.3 Å². The minimum Gasteiger partial charge on any atom is -0.466 e. The van der Waals surface area contributed by atoms with Crippen molar-refractivity contribution in [2.45, 2.75) is 52.5 Å². The lowest BCUT2D eigenvalue weighted by atomic mass is 10.2. The van der Waals surface area contributed by atoms with Crippen molar-refractivity contribution in [1.82, 2.24) is 9.88 Å². The highest BCUT2D eigenvalue weighted by molar-refractivity contribution is 7.18. The molecule has 0 aliphatic carbocycles. The molecule has 0 aliphatic heterocycles. The number of halogens is 3. The van der Waals surface area contributed by atoms with Gasteiger partial charge >= 0.3 is 5.97 Å². The SMILES string of the molecule is CCCCCN(Cc1nc2c(F)c(F)cc(F)c2s1)C(=O)CCC(=O)OCC. The van der Waals surface area contributed by atoms with Crippen molar-refractivity contribution in [1.29, 1.82) is 0 Å². The molecule has 0 unspecified atom stereocenters. The summed E-state index contributed by atoms with van der Waals surface area (Å²) in [4.78, 5) is 29.5. The predicted octanol–water partition coefficient (Wildman–Crippen LogP) is 4.58. The van der Waals surface area contributed by atoms with Crippen molar-refractivity contribution in [3.8, 4) is 0 Å². The molecular formula is C19H23F3N2O3S. The molecule has 0 saturated carbocycles. The fourth-order valence-electron chi connectivity index (χ4n) is 2.70. The average molecular weight is 416 g/mol. The van der Waals surface area contributed by atoms with Crippen LogP contribution in [0.2, 0.25) is 0 Å². The Morgan fingerprint density at radius 1 is 1.14 bits per heavy atom. The highest BCUT2D eigenvalue weighted by atomic mass is 32.1. The van der Waals surface area contributed by atoms with Gasteiger partial charge in [-0.3, -0.25) is 9.59 Å². The maximum atomic E-state index is 13.9. The van der Waals surface area contributed by atoms with Gasteiger partial charge in [-0.2, -0.15) is 0 Å². The van der Waals surface area contributed by atoms with Gasteiger partial charge in [0.2, 0.25) is 5.91 Å². The molecule has 2 aromatic rings. The molecule has 1 aromatic carbocycles. The van der Waals surface area contributed by atoms with Crippen molar-refractivity contribution in [3.05, 3.63) is 28.5 Å². The van der Waals surface area contributed by atoms with E-state index in [1.54, 1.807) is 6.92 Å². The van der Waals surface area contributed by atoms with Crippen LogP contribution in [-0.2, 0) is 20.9 Å². The Morgan fingerprint density at radius 2 is 1.89 bits per heavy atom. The lowest BCUT2D eigenvalue weighted by Crippen LogP contribution is -2.31. The molecule has 1 amide bonds. The van der Waals surface area contributed by atoms with Gasteiger partial charge in [0, 0.05) is 19.0 Å². The molecule has 0 radical (unpaired) electrons. The van der Waals surface area contributed by atoms with Crippen molar-refractivity contribution >= 4 is 33.4 Å². The van der Waals surface area contributed by atoms with Crippen LogP contribution in [0.15, 0.2) is 6.07 Å². The van der Waals surface area contributed by atoms with Gasteiger partial charge in [-0.25, -0.2) is 18.2 Å². The van der Waals surface area contributed by atoms with Gasteiger partial charge in [0.05, 0.1) is 24.3 Å². The Morgan fingerprint density at radius 3 is 2.57 bits per heavy atom. The zero-order chi connectivity index (χ0) is 20.7. The molecule has 1 aromatic heterocycles. The van der Waals surface area contributed by atoms with Gasteiger partial charge in [0.15, 0.2) is 11.6 Å². The van der Waals surface area contributed by atoms with Crippen LogP contribution in [0.25, 0.3) is 10.2 Å². The maximum Gasteiger partial charge on any atom is 0.306 e. The normalized spacial score (nSPS) is 11.0. The van der Waals surface area contributed by atoms with E-state index in [0.29, 0.717) is 17.6 Å². The predicted molar refractivity (Wildman–Crippen MR) is 100 cm³/mol. The van der Waals surface area contributed by atoms with Crippen molar-refractivity contribution in [2.75, 3.05) is 13.2 Å². The van der Waals surface area contributed by atoms with Gasteiger partial charge in [-0.05, 0) is 13.3 Å². The Labute approximate surface area is 165 Å². The number of fused-ring (bicyclic) bond motifs is 1. The second-order valence-corrected chi connectivity index (χ2v) is 7.35. The van der Waals surface area contributed by atoms with E-state index in [-0.39, 0.29) is 42.1 Å². The highest BCUT2D eigenvalue weighted by Gasteiger charge is 2.21. The van der Waals surface area contributed by atoms with E-state index in [1.807, 2.05) is 6.92 Å². The van der Waals surface area contributed by atoms with Gasteiger partial charge < -0.3 is 9.64 Å². The number of hydrogen-bond donors (Lipinski definition) is 0. The highest BCUT2D eigenvalue weighted by Crippen LogP contribution is 2.29. The first kappa shape index (κ1) is 22.1.